The normalized spacial score (nSPS) is 12.5. The zero-order valence-corrected chi connectivity index (χ0v) is 10.4. The summed E-state index contributed by atoms with van der Waals surface area (Å²) in [6.07, 6.45) is 0.188. The Morgan fingerprint density at radius 2 is 2.19 bits per heavy atom. The molecule has 1 rings (SSSR count). The maximum Gasteiger partial charge on any atom is 0.166 e. The van der Waals surface area contributed by atoms with Crippen molar-refractivity contribution in [3.8, 4) is 0 Å². The molecule has 0 amide bonds. The van der Waals surface area contributed by atoms with Crippen molar-refractivity contribution in [2.24, 2.45) is 5.73 Å². The molecule has 0 aliphatic heterocycles. The van der Waals surface area contributed by atoms with Crippen LogP contribution in [0.2, 0.25) is 10.0 Å². The lowest BCUT2D eigenvalue weighted by Crippen LogP contribution is -2.28. The fourth-order valence-electron chi connectivity index (χ4n) is 1.34. The third-order valence-corrected chi connectivity index (χ3v) is 2.90. The van der Waals surface area contributed by atoms with Gasteiger partial charge in [-0.25, -0.2) is 0 Å². The van der Waals surface area contributed by atoms with Crippen LogP contribution in [0.3, 0.4) is 0 Å². The number of carbonyl (C=O) groups is 1. The lowest BCUT2D eigenvalue weighted by molar-refractivity contribution is 0.0949. The Hall–Kier alpha value is -0.610. The minimum absolute atomic E-state index is 0.128. The Labute approximate surface area is 104 Å². The van der Waals surface area contributed by atoms with Gasteiger partial charge < -0.3 is 10.5 Å². The van der Waals surface area contributed by atoms with Gasteiger partial charge in [-0.15, -0.1) is 0 Å². The molecule has 0 spiro atoms. The van der Waals surface area contributed by atoms with Crippen LogP contribution in [0.1, 0.15) is 16.8 Å². The van der Waals surface area contributed by atoms with Crippen LogP contribution in [-0.2, 0) is 4.74 Å². The second-order valence-corrected chi connectivity index (χ2v) is 4.23. The highest BCUT2D eigenvalue weighted by molar-refractivity contribution is 6.43. The monoisotopic (exact) mass is 261 g/mol. The Bertz CT molecular complexity index is 382. The molecule has 1 aromatic rings. The number of hydrogen-bond donors (Lipinski definition) is 1. The van der Waals surface area contributed by atoms with Gasteiger partial charge in [0.2, 0.25) is 0 Å². The molecule has 0 bridgehead atoms. The molecule has 1 unspecified atom stereocenters. The Morgan fingerprint density at radius 3 is 2.81 bits per heavy atom. The maximum atomic E-state index is 11.8. The van der Waals surface area contributed by atoms with E-state index in [0.29, 0.717) is 17.2 Å². The Kier molecular flexibility index (Phi) is 5.22. The SMILES string of the molecule is COCC(N)CC(=O)c1cccc(Cl)c1Cl. The van der Waals surface area contributed by atoms with Crippen molar-refractivity contribution in [1.29, 1.82) is 0 Å². The van der Waals surface area contributed by atoms with E-state index in [1.807, 2.05) is 0 Å². The molecule has 0 heterocycles. The van der Waals surface area contributed by atoms with Crippen LogP contribution in [0.4, 0.5) is 0 Å². The number of ketones is 1. The van der Waals surface area contributed by atoms with Crippen molar-refractivity contribution >= 4 is 29.0 Å². The lowest BCUT2D eigenvalue weighted by atomic mass is 10.0. The van der Waals surface area contributed by atoms with E-state index in [1.54, 1.807) is 18.2 Å². The number of halogens is 2. The molecule has 0 aliphatic carbocycles. The summed E-state index contributed by atoms with van der Waals surface area (Å²) in [4.78, 5) is 11.8. The van der Waals surface area contributed by atoms with Crippen molar-refractivity contribution in [1.82, 2.24) is 0 Å². The molecule has 0 fully saturated rings. The van der Waals surface area contributed by atoms with Crippen LogP contribution in [0.25, 0.3) is 0 Å². The molecule has 0 saturated heterocycles. The van der Waals surface area contributed by atoms with Crippen LogP contribution < -0.4 is 5.73 Å². The van der Waals surface area contributed by atoms with E-state index in [1.165, 1.54) is 7.11 Å². The van der Waals surface area contributed by atoms with E-state index in [-0.39, 0.29) is 23.3 Å². The summed E-state index contributed by atoms with van der Waals surface area (Å²) in [5.74, 6) is -0.128. The van der Waals surface area contributed by atoms with Crippen molar-refractivity contribution < 1.29 is 9.53 Å². The molecule has 2 N–H and O–H groups in total. The van der Waals surface area contributed by atoms with Gasteiger partial charge in [-0.05, 0) is 12.1 Å². The third kappa shape index (κ3) is 3.46. The van der Waals surface area contributed by atoms with Crippen molar-refractivity contribution in [2.45, 2.75) is 12.5 Å². The van der Waals surface area contributed by atoms with Gasteiger partial charge in [0.05, 0.1) is 16.7 Å². The molecule has 0 saturated carbocycles. The molecule has 3 nitrogen and oxygen atoms in total. The number of benzene rings is 1. The fraction of sp³-hybridized carbons (Fsp3) is 0.364. The van der Waals surface area contributed by atoms with E-state index in [2.05, 4.69) is 0 Å². The number of Topliss-reactive ketones (excluding diaryl/α,β-unsaturated/α-hetero) is 1. The molecule has 5 heteroatoms. The summed E-state index contributed by atoms with van der Waals surface area (Å²) in [7, 11) is 1.54. The van der Waals surface area contributed by atoms with Crippen molar-refractivity contribution in [3.63, 3.8) is 0 Å². The highest BCUT2D eigenvalue weighted by atomic mass is 35.5. The number of methoxy groups -OCH3 is 1. The first kappa shape index (κ1) is 13.5. The Morgan fingerprint density at radius 1 is 1.50 bits per heavy atom. The number of rotatable bonds is 5. The van der Waals surface area contributed by atoms with Gasteiger partial charge in [0.25, 0.3) is 0 Å². The van der Waals surface area contributed by atoms with Crippen LogP contribution >= 0.6 is 23.2 Å². The third-order valence-electron chi connectivity index (χ3n) is 2.08. The van der Waals surface area contributed by atoms with Crippen LogP contribution in [0.5, 0.6) is 0 Å². The fourth-order valence-corrected chi connectivity index (χ4v) is 1.75. The van der Waals surface area contributed by atoms with Gasteiger partial charge >= 0.3 is 0 Å². The smallest absolute Gasteiger partial charge is 0.166 e. The first-order chi connectivity index (χ1) is 7.56. The molecular formula is C11H13Cl2NO2. The van der Waals surface area contributed by atoms with E-state index >= 15 is 0 Å². The van der Waals surface area contributed by atoms with Crippen molar-refractivity contribution in [3.05, 3.63) is 33.8 Å². The predicted octanol–water partition coefficient (Wildman–Crippen LogP) is 2.54. The number of carbonyl (C=O) groups excluding carboxylic acids is 1. The van der Waals surface area contributed by atoms with Gasteiger partial charge in [-0.3, -0.25) is 4.79 Å². The minimum Gasteiger partial charge on any atom is -0.383 e. The van der Waals surface area contributed by atoms with Gasteiger partial charge in [0.1, 0.15) is 0 Å². The molecular weight excluding hydrogens is 249 g/mol. The average Bonchev–Trinajstić information content (AvgIpc) is 2.22. The summed E-state index contributed by atoms with van der Waals surface area (Å²) in [6, 6.07) is 4.63. The highest BCUT2D eigenvalue weighted by Crippen LogP contribution is 2.26. The molecule has 1 atom stereocenters. The van der Waals surface area contributed by atoms with Gasteiger partial charge in [0.15, 0.2) is 5.78 Å². The molecule has 0 aliphatic rings. The first-order valence-electron chi connectivity index (χ1n) is 4.78. The van der Waals surface area contributed by atoms with Crippen LogP contribution in [0.15, 0.2) is 18.2 Å². The van der Waals surface area contributed by atoms with E-state index < -0.39 is 0 Å². The molecule has 88 valence electrons. The summed E-state index contributed by atoms with van der Waals surface area (Å²) >= 11 is 11.7. The number of hydrogen-bond acceptors (Lipinski definition) is 3. The number of nitrogens with two attached hydrogens (primary N) is 1. The Balaban J connectivity index is 2.77. The quantitative estimate of drug-likeness (QED) is 0.829. The molecule has 1 aromatic carbocycles. The van der Waals surface area contributed by atoms with E-state index in [0.717, 1.165) is 0 Å². The zero-order chi connectivity index (χ0) is 12.1. The second kappa shape index (κ2) is 6.21. The van der Waals surface area contributed by atoms with Gasteiger partial charge in [-0.2, -0.15) is 0 Å². The topological polar surface area (TPSA) is 52.3 Å². The lowest BCUT2D eigenvalue weighted by Gasteiger charge is -2.10. The highest BCUT2D eigenvalue weighted by Gasteiger charge is 2.15. The summed E-state index contributed by atoms with van der Waals surface area (Å²) in [6.45, 7) is 0.337. The minimum atomic E-state index is -0.326. The predicted molar refractivity (Wildman–Crippen MR) is 65.3 cm³/mol. The van der Waals surface area contributed by atoms with Gasteiger partial charge in [-0.1, -0.05) is 29.3 Å². The molecule has 0 aromatic heterocycles. The molecule has 0 radical (unpaired) electrons. The number of ether oxygens (including phenoxy) is 1. The molecule has 16 heavy (non-hydrogen) atoms. The van der Waals surface area contributed by atoms with Crippen LogP contribution in [0, 0.1) is 0 Å². The van der Waals surface area contributed by atoms with Crippen molar-refractivity contribution in [2.75, 3.05) is 13.7 Å². The summed E-state index contributed by atoms with van der Waals surface area (Å²) in [5, 5.41) is 0.645. The van der Waals surface area contributed by atoms with E-state index in [9.17, 15) is 4.79 Å². The zero-order valence-electron chi connectivity index (χ0n) is 8.87. The second-order valence-electron chi connectivity index (χ2n) is 3.44. The summed E-state index contributed by atoms with van der Waals surface area (Å²) < 4.78 is 4.86. The summed E-state index contributed by atoms with van der Waals surface area (Å²) in [5.41, 5.74) is 6.09. The van der Waals surface area contributed by atoms with Gasteiger partial charge in [0, 0.05) is 25.1 Å². The first-order valence-corrected chi connectivity index (χ1v) is 5.53. The standard InChI is InChI=1S/C11H13Cl2NO2/c1-16-6-7(14)5-10(15)8-3-2-4-9(12)11(8)13/h2-4,7H,5-6,14H2,1H3. The average molecular weight is 262 g/mol. The van der Waals surface area contributed by atoms with Crippen LogP contribution in [-0.4, -0.2) is 25.5 Å². The largest absolute Gasteiger partial charge is 0.383 e. The van der Waals surface area contributed by atoms with E-state index in [4.69, 9.17) is 33.7 Å². The maximum absolute atomic E-state index is 11.8.